The first kappa shape index (κ1) is 23.7. The van der Waals surface area contributed by atoms with Gasteiger partial charge < -0.3 is 10.1 Å². The molecule has 0 spiro atoms. The number of amides is 1. The van der Waals surface area contributed by atoms with Gasteiger partial charge in [0.05, 0.1) is 16.7 Å². The van der Waals surface area contributed by atoms with Crippen molar-refractivity contribution in [3.63, 3.8) is 0 Å². The summed E-state index contributed by atoms with van der Waals surface area (Å²) in [5.41, 5.74) is 0.659. The molecule has 0 bridgehead atoms. The Morgan fingerprint density at radius 3 is 2.64 bits per heavy atom. The van der Waals surface area contributed by atoms with Crippen LogP contribution in [0.3, 0.4) is 0 Å². The van der Waals surface area contributed by atoms with E-state index in [4.69, 9.17) is 11.6 Å². The summed E-state index contributed by atoms with van der Waals surface area (Å²) in [6, 6.07) is 8.87. The van der Waals surface area contributed by atoms with Crippen LogP contribution in [0.2, 0.25) is 0 Å². The van der Waals surface area contributed by atoms with Crippen LogP contribution in [-0.2, 0) is 0 Å². The van der Waals surface area contributed by atoms with Crippen LogP contribution in [-0.4, -0.2) is 31.0 Å². The van der Waals surface area contributed by atoms with E-state index in [2.05, 4.69) is 25.0 Å². The van der Waals surface area contributed by atoms with Crippen molar-refractivity contribution in [1.82, 2.24) is 19.5 Å². The van der Waals surface area contributed by atoms with Crippen molar-refractivity contribution in [1.29, 1.82) is 0 Å². The van der Waals surface area contributed by atoms with Gasteiger partial charge in [-0.3, -0.25) is 9.36 Å². The Balaban J connectivity index is 1.51. The Morgan fingerprint density at radius 2 is 1.89 bits per heavy atom. The molecule has 11 heteroatoms. The second-order valence-corrected chi connectivity index (χ2v) is 8.75. The Labute approximate surface area is 213 Å². The minimum absolute atomic E-state index is 0.137. The van der Waals surface area contributed by atoms with Crippen molar-refractivity contribution in [3.8, 4) is 16.9 Å². The molecule has 0 aliphatic carbocycles. The predicted molar refractivity (Wildman–Crippen MR) is 137 cm³/mol. The molecule has 3 heterocycles. The molecular formula is C25H16ClF2N5O2S. The van der Waals surface area contributed by atoms with Crippen LogP contribution in [0.5, 0.6) is 5.75 Å². The molecule has 1 aliphatic heterocycles. The van der Waals surface area contributed by atoms with Gasteiger partial charge in [-0.25, -0.2) is 15.0 Å². The molecule has 7 nitrogen and oxygen atoms in total. The van der Waals surface area contributed by atoms with Crippen LogP contribution >= 0.6 is 23.4 Å². The van der Waals surface area contributed by atoms with Crippen LogP contribution in [0.15, 0.2) is 90.5 Å². The number of nitrogens with one attached hydrogen (secondary N) is 1. The number of hydrogen-bond acceptors (Lipinski definition) is 6. The Bertz CT molecular complexity index is 1510. The van der Waals surface area contributed by atoms with Gasteiger partial charge in [-0.05, 0) is 53.3 Å². The minimum atomic E-state index is -3.82. The van der Waals surface area contributed by atoms with Crippen molar-refractivity contribution in [2.45, 2.75) is 5.57 Å². The van der Waals surface area contributed by atoms with E-state index in [1.165, 1.54) is 30.6 Å². The lowest BCUT2D eigenvalue weighted by Gasteiger charge is -2.13. The molecule has 0 atom stereocenters. The van der Waals surface area contributed by atoms with Crippen molar-refractivity contribution < 1.29 is 18.3 Å². The molecule has 180 valence electrons. The molecule has 4 aromatic rings. The summed E-state index contributed by atoms with van der Waals surface area (Å²) in [6.45, 7) is 0. The second-order valence-electron chi connectivity index (χ2n) is 7.53. The van der Waals surface area contributed by atoms with E-state index in [0.717, 1.165) is 16.8 Å². The maximum Gasteiger partial charge on any atom is 0.487 e. The number of carbonyl (C=O) groups excluding carboxylic acids is 1. The fourth-order valence-electron chi connectivity index (χ4n) is 3.61. The van der Waals surface area contributed by atoms with Gasteiger partial charge in [-0.15, -0.1) is 20.5 Å². The lowest BCUT2D eigenvalue weighted by atomic mass is 10.0. The Morgan fingerprint density at radius 1 is 1.11 bits per heavy atom. The molecule has 2 aromatic carbocycles. The number of nitrogens with zero attached hydrogens (tertiary/aromatic N) is 4. The number of thioether (sulfide) groups is 1. The molecular weight excluding hydrogens is 508 g/mol. The SMILES string of the molecule is O=C(Nc1ccc(OC(F)(F)Cl)cc1)c1cc(-c2cncnc2)c2c(c1)ncn2C1=CSC=CC=C1. The number of hydrogen-bond donors (Lipinski definition) is 1. The molecule has 5 rings (SSSR count). The number of anilines is 1. The predicted octanol–water partition coefficient (Wildman–Crippen LogP) is 6.53. The molecule has 1 aliphatic rings. The summed E-state index contributed by atoms with van der Waals surface area (Å²) in [7, 11) is 0. The molecule has 0 unspecified atom stereocenters. The van der Waals surface area contributed by atoms with Crippen LogP contribution in [0, 0.1) is 0 Å². The Kier molecular flexibility index (Phi) is 6.53. The summed E-state index contributed by atoms with van der Waals surface area (Å²) >= 11 is 6.34. The lowest BCUT2D eigenvalue weighted by molar-refractivity contribution is -0.0964. The van der Waals surface area contributed by atoms with Gasteiger partial charge in [0, 0.05) is 46.4 Å². The number of halogens is 3. The Hall–Kier alpha value is -4.02. The van der Waals surface area contributed by atoms with E-state index >= 15 is 0 Å². The number of alkyl halides is 3. The highest BCUT2D eigenvalue weighted by atomic mass is 35.5. The summed E-state index contributed by atoms with van der Waals surface area (Å²) in [4.78, 5) is 25.9. The number of rotatable bonds is 6. The van der Waals surface area contributed by atoms with Crippen LogP contribution in [0.25, 0.3) is 27.9 Å². The summed E-state index contributed by atoms with van der Waals surface area (Å²) in [5, 5.41) is 6.72. The second kappa shape index (κ2) is 9.92. The van der Waals surface area contributed by atoms with E-state index in [-0.39, 0.29) is 5.75 Å². The van der Waals surface area contributed by atoms with E-state index in [1.807, 2.05) is 33.6 Å². The van der Waals surface area contributed by atoms with Gasteiger partial charge in [-0.2, -0.15) is 0 Å². The molecule has 0 saturated carbocycles. The average molecular weight is 524 g/mol. The molecule has 0 radical (unpaired) electrons. The van der Waals surface area contributed by atoms with Crippen molar-refractivity contribution in [2.75, 3.05) is 5.32 Å². The summed E-state index contributed by atoms with van der Waals surface area (Å²) in [6.07, 6.45) is 12.3. The highest BCUT2D eigenvalue weighted by Gasteiger charge is 2.27. The van der Waals surface area contributed by atoms with Gasteiger partial charge in [0.15, 0.2) is 0 Å². The average Bonchev–Trinajstić information content (AvgIpc) is 3.10. The van der Waals surface area contributed by atoms with Gasteiger partial charge in [0.1, 0.15) is 18.4 Å². The third kappa shape index (κ3) is 5.29. The number of benzene rings is 2. The van der Waals surface area contributed by atoms with Gasteiger partial charge in [0.2, 0.25) is 0 Å². The topological polar surface area (TPSA) is 81.9 Å². The maximum absolute atomic E-state index is 13.1. The molecule has 0 fully saturated rings. The van der Waals surface area contributed by atoms with E-state index in [9.17, 15) is 13.6 Å². The normalized spacial score (nSPS) is 13.4. The van der Waals surface area contributed by atoms with Gasteiger partial charge in [-0.1, -0.05) is 12.2 Å². The summed E-state index contributed by atoms with van der Waals surface area (Å²) < 4.78 is 31.9. The first-order valence-electron chi connectivity index (χ1n) is 10.5. The fraction of sp³-hybridized carbons (Fsp3) is 0.0400. The number of fused-ring (bicyclic) bond motifs is 1. The van der Waals surface area contributed by atoms with Gasteiger partial charge in [0.25, 0.3) is 5.91 Å². The molecule has 0 saturated heterocycles. The number of imidazole rings is 1. The van der Waals surface area contributed by atoms with Crippen molar-refractivity contribution >= 4 is 51.7 Å². The van der Waals surface area contributed by atoms with E-state index in [0.29, 0.717) is 22.3 Å². The lowest BCUT2D eigenvalue weighted by Crippen LogP contribution is -2.16. The van der Waals surface area contributed by atoms with Crippen LogP contribution in [0.1, 0.15) is 10.4 Å². The van der Waals surface area contributed by atoms with Gasteiger partial charge >= 0.3 is 5.57 Å². The number of allylic oxidation sites excluding steroid dienone is 4. The third-order valence-corrected chi connectivity index (χ3v) is 5.89. The zero-order valence-electron chi connectivity index (χ0n) is 18.3. The van der Waals surface area contributed by atoms with Crippen molar-refractivity contribution in [2.24, 2.45) is 0 Å². The minimum Gasteiger partial charge on any atom is -0.420 e. The third-order valence-electron chi connectivity index (χ3n) is 5.12. The monoisotopic (exact) mass is 523 g/mol. The largest absolute Gasteiger partial charge is 0.487 e. The molecule has 36 heavy (non-hydrogen) atoms. The maximum atomic E-state index is 13.1. The highest BCUT2D eigenvalue weighted by molar-refractivity contribution is 8.05. The zero-order chi connectivity index (χ0) is 25.1. The molecule has 1 amide bonds. The molecule has 1 N–H and O–H groups in total. The molecule has 2 aromatic heterocycles. The fourth-order valence-corrected chi connectivity index (χ4v) is 4.29. The number of aromatic nitrogens is 4. The van der Waals surface area contributed by atoms with Crippen LogP contribution in [0.4, 0.5) is 14.5 Å². The standard InChI is InChI=1S/C25H16ClF2N5O2S/c26-25(27,28)35-20-6-4-18(5-7-20)32-24(34)16-9-21(17-11-29-14-30-12-17)23-22(10-16)31-15-33(23)19-3-1-2-8-36-13-19/h1-15H,(H,32,34). The number of ether oxygens (including phenoxy) is 1. The first-order chi connectivity index (χ1) is 17.4. The van der Waals surface area contributed by atoms with E-state index in [1.54, 1.807) is 42.6 Å². The first-order valence-corrected chi connectivity index (χ1v) is 11.8. The summed E-state index contributed by atoms with van der Waals surface area (Å²) in [5.74, 6) is -0.546. The quantitative estimate of drug-likeness (QED) is 0.289. The zero-order valence-corrected chi connectivity index (χ0v) is 19.9. The van der Waals surface area contributed by atoms with E-state index < -0.39 is 11.5 Å². The highest BCUT2D eigenvalue weighted by Crippen LogP contribution is 2.33. The number of carbonyl (C=O) groups is 1. The smallest absolute Gasteiger partial charge is 0.420 e. The van der Waals surface area contributed by atoms with Crippen LogP contribution < -0.4 is 10.1 Å². The van der Waals surface area contributed by atoms with Crippen molar-refractivity contribution in [3.05, 3.63) is 96.1 Å².